The number of hydrogen-bond donors (Lipinski definition) is 3. The Hall–Kier alpha value is -3.10. The van der Waals surface area contributed by atoms with Crippen molar-refractivity contribution in [1.29, 1.82) is 0 Å². The summed E-state index contributed by atoms with van der Waals surface area (Å²) < 4.78 is 10.9. The molecule has 2 aromatic rings. The van der Waals surface area contributed by atoms with Crippen molar-refractivity contribution < 1.29 is 19.1 Å². The minimum atomic E-state index is -0.878. The molecule has 0 radical (unpaired) electrons. The molecular weight excluding hydrogens is 396 g/mol. The van der Waals surface area contributed by atoms with Gasteiger partial charge < -0.3 is 25.4 Å². The van der Waals surface area contributed by atoms with E-state index in [4.69, 9.17) is 9.47 Å². The summed E-state index contributed by atoms with van der Waals surface area (Å²) in [5.41, 5.74) is 0.522. The number of carbonyl (C=O) groups is 2. The van der Waals surface area contributed by atoms with Gasteiger partial charge in [-0.1, -0.05) is 36.4 Å². The van der Waals surface area contributed by atoms with Crippen LogP contribution < -0.4 is 20.7 Å². The van der Waals surface area contributed by atoms with Crippen molar-refractivity contribution in [2.45, 2.75) is 12.3 Å². The summed E-state index contributed by atoms with van der Waals surface area (Å²) in [5.74, 6) is 0.419. The summed E-state index contributed by atoms with van der Waals surface area (Å²) in [4.78, 5) is 28.0. The summed E-state index contributed by atoms with van der Waals surface area (Å²) in [7, 11) is 1.56. The number of carbonyl (C=O) groups excluding carboxylic acids is 2. The van der Waals surface area contributed by atoms with Crippen LogP contribution in [0.5, 0.6) is 5.75 Å². The SMILES string of the molecule is COc1cccc(C(=O)NC2(C3CNC3)CNCCN2C(=O)OCc2ccccc2)c1. The molecular formula is C23H28N4O4. The van der Waals surface area contributed by atoms with Crippen molar-refractivity contribution in [1.82, 2.24) is 20.9 Å². The fourth-order valence-corrected chi connectivity index (χ4v) is 4.05. The van der Waals surface area contributed by atoms with Gasteiger partial charge in [0.1, 0.15) is 18.0 Å². The molecule has 0 aliphatic carbocycles. The van der Waals surface area contributed by atoms with E-state index >= 15 is 0 Å². The zero-order valence-electron chi connectivity index (χ0n) is 17.6. The molecule has 0 aromatic heterocycles. The van der Waals surface area contributed by atoms with Gasteiger partial charge in [0.15, 0.2) is 0 Å². The molecule has 2 saturated heterocycles. The summed E-state index contributed by atoms with van der Waals surface area (Å²) in [6.45, 7) is 3.15. The number of benzene rings is 2. The van der Waals surface area contributed by atoms with E-state index in [1.807, 2.05) is 30.3 Å². The molecule has 2 fully saturated rings. The van der Waals surface area contributed by atoms with E-state index < -0.39 is 11.8 Å². The van der Waals surface area contributed by atoms with Crippen LogP contribution in [0.4, 0.5) is 4.79 Å². The minimum absolute atomic E-state index is 0.0686. The molecule has 0 spiro atoms. The van der Waals surface area contributed by atoms with Crippen LogP contribution in [0.15, 0.2) is 54.6 Å². The lowest BCUT2D eigenvalue weighted by atomic mass is 9.84. The highest BCUT2D eigenvalue weighted by Crippen LogP contribution is 2.29. The maximum Gasteiger partial charge on any atom is 0.412 e. The van der Waals surface area contributed by atoms with Crippen LogP contribution in [0.1, 0.15) is 15.9 Å². The second-order valence-corrected chi connectivity index (χ2v) is 7.83. The lowest BCUT2D eigenvalue weighted by Gasteiger charge is -2.53. The van der Waals surface area contributed by atoms with Crippen LogP contribution in [-0.4, -0.2) is 62.4 Å². The summed E-state index contributed by atoms with van der Waals surface area (Å²) >= 11 is 0. The van der Waals surface area contributed by atoms with Crippen molar-refractivity contribution in [2.75, 3.05) is 39.8 Å². The normalized spacial score (nSPS) is 21.1. The average molecular weight is 425 g/mol. The Bertz CT molecular complexity index is 919. The summed E-state index contributed by atoms with van der Waals surface area (Å²) in [6.07, 6.45) is -0.428. The zero-order chi connectivity index (χ0) is 21.7. The molecule has 0 bridgehead atoms. The van der Waals surface area contributed by atoms with Gasteiger partial charge >= 0.3 is 6.09 Å². The Morgan fingerprint density at radius 3 is 2.65 bits per heavy atom. The van der Waals surface area contributed by atoms with Gasteiger partial charge in [0.2, 0.25) is 0 Å². The molecule has 0 saturated carbocycles. The fourth-order valence-electron chi connectivity index (χ4n) is 4.05. The van der Waals surface area contributed by atoms with Gasteiger partial charge in [-0.3, -0.25) is 9.69 Å². The second kappa shape index (κ2) is 9.36. The quantitative estimate of drug-likeness (QED) is 0.652. The molecule has 2 heterocycles. The lowest BCUT2D eigenvalue weighted by Crippen LogP contribution is -2.78. The number of rotatable bonds is 6. The molecule has 2 aliphatic rings. The molecule has 1 unspecified atom stereocenters. The average Bonchev–Trinajstić information content (AvgIpc) is 2.77. The predicted octanol–water partition coefficient (Wildman–Crippen LogP) is 1.58. The third kappa shape index (κ3) is 4.50. The van der Waals surface area contributed by atoms with Crippen LogP contribution >= 0.6 is 0 Å². The number of methoxy groups -OCH3 is 1. The maximum absolute atomic E-state index is 13.2. The Morgan fingerprint density at radius 2 is 1.94 bits per heavy atom. The molecule has 3 N–H and O–H groups in total. The number of ether oxygens (including phenoxy) is 2. The van der Waals surface area contributed by atoms with Gasteiger partial charge in [-0.05, 0) is 23.8 Å². The van der Waals surface area contributed by atoms with Gasteiger partial charge in [-0.25, -0.2) is 4.79 Å². The van der Waals surface area contributed by atoms with Crippen molar-refractivity contribution in [3.8, 4) is 5.75 Å². The molecule has 8 heteroatoms. The van der Waals surface area contributed by atoms with Crippen molar-refractivity contribution in [2.24, 2.45) is 5.92 Å². The monoisotopic (exact) mass is 424 g/mol. The number of hydrogen-bond acceptors (Lipinski definition) is 6. The standard InChI is InChI=1S/C23H28N4O4/c1-30-20-9-5-8-18(12-20)21(28)26-23(19-13-25-14-19)16-24-10-11-27(23)22(29)31-15-17-6-3-2-4-7-17/h2-9,12,19,24-25H,10-11,13-16H2,1H3,(H,26,28). The van der Waals surface area contributed by atoms with Gasteiger partial charge in [0, 0.05) is 44.2 Å². The number of nitrogens with one attached hydrogen (secondary N) is 3. The highest BCUT2D eigenvalue weighted by atomic mass is 16.6. The van der Waals surface area contributed by atoms with E-state index in [0.29, 0.717) is 44.0 Å². The maximum atomic E-state index is 13.2. The Kier molecular flexibility index (Phi) is 6.39. The van der Waals surface area contributed by atoms with Crippen LogP contribution in [0.2, 0.25) is 0 Å². The van der Waals surface area contributed by atoms with E-state index in [-0.39, 0.29) is 18.4 Å². The topological polar surface area (TPSA) is 91.9 Å². The number of nitrogens with zero attached hydrogens (tertiary/aromatic N) is 1. The second-order valence-electron chi connectivity index (χ2n) is 7.83. The van der Waals surface area contributed by atoms with Gasteiger partial charge in [-0.2, -0.15) is 0 Å². The van der Waals surface area contributed by atoms with Crippen LogP contribution in [0.25, 0.3) is 0 Å². The zero-order valence-corrected chi connectivity index (χ0v) is 17.6. The fraction of sp³-hybridized carbons (Fsp3) is 0.391. The lowest BCUT2D eigenvalue weighted by molar-refractivity contribution is -0.0305. The third-order valence-electron chi connectivity index (χ3n) is 5.93. The molecule has 1 atom stereocenters. The minimum Gasteiger partial charge on any atom is -0.497 e. The molecule has 2 amide bonds. The molecule has 4 rings (SSSR count). The van der Waals surface area contributed by atoms with E-state index in [0.717, 1.165) is 5.56 Å². The first-order chi connectivity index (χ1) is 15.1. The predicted molar refractivity (Wildman–Crippen MR) is 116 cm³/mol. The number of piperazine rings is 1. The highest BCUT2D eigenvalue weighted by molar-refractivity contribution is 5.95. The molecule has 31 heavy (non-hydrogen) atoms. The van der Waals surface area contributed by atoms with Crippen LogP contribution in [0.3, 0.4) is 0 Å². The molecule has 2 aliphatic heterocycles. The van der Waals surface area contributed by atoms with Gasteiger partial charge in [0.05, 0.1) is 7.11 Å². The van der Waals surface area contributed by atoms with E-state index in [1.165, 1.54) is 0 Å². The summed E-state index contributed by atoms with van der Waals surface area (Å²) in [6, 6.07) is 16.6. The van der Waals surface area contributed by atoms with Crippen LogP contribution in [-0.2, 0) is 11.3 Å². The first-order valence-corrected chi connectivity index (χ1v) is 10.5. The molecule has 164 valence electrons. The smallest absolute Gasteiger partial charge is 0.412 e. The largest absolute Gasteiger partial charge is 0.497 e. The van der Waals surface area contributed by atoms with E-state index in [2.05, 4.69) is 16.0 Å². The van der Waals surface area contributed by atoms with Gasteiger partial charge in [-0.15, -0.1) is 0 Å². The molecule has 8 nitrogen and oxygen atoms in total. The first-order valence-electron chi connectivity index (χ1n) is 10.5. The third-order valence-corrected chi connectivity index (χ3v) is 5.93. The number of amides is 2. The van der Waals surface area contributed by atoms with Crippen molar-refractivity contribution >= 4 is 12.0 Å². The Morgan fingerprint density at radius 1 is 1.13 bits per heavy atom. The van der Waals surface area contributed by atoms with E-state index in [9.17, 15) is 9.59 Å². The molecule has 2 aromatic carbocycles. The van der Waals surface area contributed by atoms with Crippen molar-refractivity contribution in [3.05, 3.63) is 65.7 Å². The Balaban J connectivity index is 1.55. The van der Waals surface area contributed by atoms with E-state index in [1.54, 1.807) is 36.3 Å². The van der Waals surface area contributed by atoms with Crippen LogP contribution in [0, 0.1) is 5.92 Å². The van der Waals surface area contributed by atoms with Gasteiger partial charge in [0.25, 0.3) is 5.91 Å². The summed E-state index contributed by atoms with van der Waals surface area (Å²) in [5, 5.41) is 9.76. The first kappa shape index (κ1) is 21.1. The Labute approximate surface area is 181 Å². The van der Waals surface area contributed by atoms with Crippen molar-refractivity contribution in [3.63, 3.8) is 0 Å². The highest BCUT2D eigenvalue weighted by Gasteiger charge is 2.51.